The fourth-order valence-electron chi connectivity index (χ4n) is 0.942. The van der Waals surface area contributed by atoms with Crippen molar-refractivity contribution in [2.75, 3.05) is 6.61 Å². The summed E-state index contributed by atoms with van der Waals surface area (Å²) in [5.74, 6) is -0.903. The molecular formula is C9H19NO3. The van der Waals surface area contributed by atoms with Gasteiger partial charge in [-0.05, 0) is 6.42 Å². The number of primary amides is 1. The smallest absolute Gasteiger partial charge is 0.406 e. The lowest BCUT2D eigenvalue weighted by atomic mass is 10.2. The first kappa shape index (κ1) is 12.2. The van der Waals surface area contributed by atoms with E-state index >= 15 is 0 Å². The van der Waals surface area contributed by atoms with E-state index in [-0.39, 0.29) is 0 Å². The van der Waals surface area contributed by atoms with Gasteiger partial charge in [0.1, 0.15) is 0 Å². The van der Waals surface area contributed by atoms with Gasteiger partial charge in [-0.25, -0.2) is 4.79 Å². The molecule has 0 fully saturated rings. The molecule has 0 heterocycles. The lowest BCUT2D eigenvalue weighted by molar-refractivity contribution is -0.175. The number of carbonyl (C=O) groups is 1. The Labute approximate surface area is 79.4 Å². The number of hydrogen-bond acceptors (Lipinski definition) is 3. The van der Waals surface area contributed by atoms with E-state index in [2.05, 4.69) is 6.92 Å². The Bertz CT molecular complexity index is 157. The van der Waals surface area contributed by atoms with E-state index in [1.54, 1.807) is 13.8 Å². The third-order valence-corrected chi connectivity index (χ3v) is 1.54. The van der Waals surface area contributed by atoms with Crippen molar-refractivity contribution < 1.29 is 14.3 Å². The summed E-state index contributed by atoms with van der Waals surface area (Å²) in [7, 11) is 0. The van der Waals surface area contributed by atoms with Crippen molar-refractivity contribution in [3.63, 3.8) is 0 Å². The van der Waals surface area contributed by atoms with Crippen LogP contribution in [0.3, 0.4) is 0 Å². The molecule has 2 N–H and O–H groups in total. The maximum atomic E-state index is 10.4. The van der Waals surface area contributed by atoms with Crippen LogP contribution in [0.4, 0.5) is 4.79 Å². The summed E-state index contributed by atoms with van der Waals surface area (Å²) in [5.41, 5.74) is 4.87. The zero-order valence-corrected chi connectivity index (χ0v) is 8.63. The van der Waals surface area contributed by atoms with Crippen LogP contribution in [-0.4, -0.2) is 18.5 Å². The fourth-order valence-corrected chi connectivity index (χ4v) is 0.942. The third-order valence-electron chi connectivity index (χ3n) is 1.54. The SMILES string of the molecule is CCCCCOC(C)(C)OC(N)=O. The zero-order chi connectivity index (χ0) is 10.3. The van der Waals surface area contributed by atoms with Crippen molar-refractivity contribution in [2.45, 2.75) is 45.8 Å². The number of carbonyl (C=O) groups excluding carboxylic acids is 1. The second-order valence-corrected chi connectivity index (χ2v) is 3.38. The second-order valence-electron chi connectivity index (χ2n) is 3.38. The largest absolute Gasteiger partial charge is 0.418 e. The van der Waals surface area contributed by atoms with Crippen LogP contribution in [0.2, 0.25) is 0 Å². The maximum absolute atomic E-state index is 10.4. The first-order valence-corrected chi connectivity index (χ1v) is 4.60. The highest BCUT2D eigenvalue weighted by Gasteiger charge is 2.21. The standard InChI is InChI=1S/C9H19NO3/c1-4-5-6-7-12-9(2,3)13-8(10)11/h4-7H2,1-3H3,(H2,10,11). The highest BCUT2D eigenvalue weighted by molar-refractivity contribution is 5.64. The van der Waals surface area contributed by atoms with Gasteiger partial charge in [0.05, 0.1) is 6.61 Å². The van der Waals surface area contributed by atoms with Crippen LogP contribution >= 0.6 is 0 Å². The van der Waals surface area contributed by atoms with E-state index in [4.69, 9.17) is 15.2 Å². The Kier molecular flexibility index (Phi) is 5.46. The summed E-state index contributed by atoms with van der Waals surface area (Å²) in [4.78, 5) is 10.4. The van der Waals surface area contributed by atoms with Gasteiger partial charge in [0.2, 0.25) is 5.79 Å². The molecule has 0 atom stereocenters. The lowest BCUT2D eigenvalue weighted by Crippen LogP contribution is -2.34. The van der Waals surface area contributed by atoms with Crippen molar-refractivity contribution in [2.24, 2.45) is 5.73 Å². The fraction of sp³-hybridized carbons (Fsp3) is 0.889. The molecule has 0 aliphatic rings. The van der Waals surface area contributed by atoms with Crippen LogP contribution in [-0.2, 0) is 9.47 Å². The molecule has 0 aromatic rings. The molecule has 78 valence electrons. The molecule has 4 heteroatoms. The van der Waals surface area contributed by atoms with Crippen LogP contribution < -0.4 is 5.73 Å². The molecule has 0 saturated carbocycles. The van der Waals surface area contributed by atoms with E-state index in [1.165, 1.54) is 0 Å². The number of hydrogen-bond donors (Lipinski definition) is 1. The number of amides is 1. The Hall–Kier alpha value is -0.770. The second kappa shape index (κ2) is 5.80. The van der Waals surface area contributed by atoms with Crippen LogP contribution in [0.5, 0.6) is 0 Å². The van der Waals surface area contributed by atoms with Gasteiger partial charge in [-0.2, -0.15) is 0 Å². The summed E-state index contributed by atoms with van der Waals surface area (Å²) in [6.45, 7) is 6.05. The normalized spacial score (nSPS) is 11.3. The highest BCUT2D eigenvalue weighted by atomic mass is 16.7. The first-order chi connectivity index (χ1) is 5.98. The van der Waals surface area contributed by atoms with Gasteiger partial charge in [-0.3, -0.25) is 0 Å². The zero-order valence-electron chi connectivity index (χ0n) is 8.63. The number of rotatable bonds is 6. The molecule has 0 aliphatic heterocycles. The number of unbranched alkanes of at least 4 members (excludes halogenated alkanes) is 2. The minimum absolute atomic E-state index is 0.591. The Balaban J connectivity index is 3.56. The van der Waals surface area contributed by atoms with E-state index in [0.29, 0.717) is 6.61 Å². The summed E-state index contributed by atoms with van der Waals surface area (Å²) in [6.07, 6.45) is 2.43. The van der Waals surface area contributed by atoms with Crippen LogP contribution in [0.1, 0.15) is 40.0 Å². The van der Waals surface area contributed by atoms with Gasteiger partial charge in [0.25, 0.3) is 0 Å². The topological polar surface area (TPSA) is 61.6 Å². The predicted octanol–water partition coefficient (Wildman–Crippen LogP) is 2.02. The van der Waals surface area contributed by atoms with E-state index in [0.717, 1.165) is 19.3 Å². The van der Waals surface area contributed by atoms with Gasteiger partial charge >= 0.3 is 6.09 Å². The number of ether oxygens (including phenoxy) is 2. The minimum atomic E-state index is -0.903. The van der Waals surface area contributed by atoms with Gasteiger partial charge in [0.15, 0.2) is 0 Å². The molecule has 0 rings (SSSR count). The predicted molar refractivity (Wildman–Crippen MR) is 50.2 cm³/mol. The summed E-state index contributed by atoms with van der Waals surface area (Å²) >= 11 is 0. The van der Waals surface area contributed by atoms with Crippen molar-refractivity contribution in [1.82, 2.24) is 0 Å². The van der Waals surface area contributed by atoms with Crippen molar-refractivity contribution >= 4 is 6.09 Å². The van der Waals surface area contributed by atoms with Crippen LogP contribution in [0.25, 0.3) is 0 Å². The van der Waals surface area contributed by atoms with Gasteiger partial charge < -0.3 is 15.2 Å². The monoisotopic (exact) mass is 189 g/mol. The number of nitrogens with two attached hydrogens (primary N) is 1. The third kappa shape index (κ3) is 7.59. The molecular weight excluding hydrogens is 170 g/mol. The van der Waals surface area contributed by atoms with Crippen molar-refractivity contribution in [1.29, 1.82) is 0 Å². The van der Waals surface area contributed by atoms with E-state index < -0.39 is 11.9 Å². The van der Waals surface area contributed by atoms with E-state index in [1.807, 2.05) is 0 Å². The molecule has 0 bridgehead atoms. The maximum Gasteiger partial charge on any atom is 0.406 e. The highest BCUT2D eigenvalue weighted by Crippen LogP contribution is 2.11. The molecule has 0 radical (unpaired) electrons. The van der Waals surface area contributed by atoms with E-state index in [9.17, 15) is 4.79 Å². The molecule has 13 heavy (non-hydrogen) atoms. The first-order valence-electron chi connectivity index (χ1n) is 4.60. The molecule has 0 spiro atoms. The molecule has 0 unspecified atom stereocenters. The Morgan fingerprint density at radius 2 is 2.00 bits per heavy atom. The minimum Gasteiger partial charge on any atom is -0.418 e. The van der Waals surface area contributed by atoms with Crippen molar-refractivity contribution in [3.05, 3.63) is 0 Å². The summed E-state index contributed by atoms with van der Waals surface area (Å²) in [6, 6.07) is 0. The molecule has 0 aromatic carbocycles. The summed E-state index contributed by atoms with van der Waals surface area (Å²) < 4.78 is 10.1. The quantitative estimate of drug-likeness (QED) is 0.513. The molecule has 0 aliphatic carbocycles. The summed E-state index contributed by atoms with van der Waals surface area (Å²) in [5, 5.41) is 0. The molecule has 0 aromatic heterocycles. The van der Waals surface area contributed by atoms with Gasteiger partial charge in [0, 0.05) is 13.8 Å². The van der Waals surface area contributed by atoms with Crippen LogP contribution in [0, 0.1) is 0 Å². The van der Waals surface area contributed by atoms with Gasteiger partial charge in [-0.1, -0.05) is 19.8 Å². The Morgan fingerprint density at radius 3 is 2.46 bits per heavy atom. The molecule has 1 amide bonds. The van der Waals surface area contributed by atoms with Crippen LogP contribution in [0.15, 0.2) is 0 Å². The molecule has 4 nitrogen and oxygen atoms in total. The average Bonchev–Trinajstić information content (AvgIpc) is 1.95. The van der Waals surface area contributed by atoms with Crippen molar-refractivity contribution in [3.8, 4) is 0 Å². The molecule has 0 saturated heterocycles. The lowest BCUT2D eigenvalue weighted by Gasteiger charge is -2.24. The van der Waals surface area contributed by atoms with Gasteiger partial charge in [-0.15, -0.1) is 0 Å². The average molecular weight is 189 g/mol. The Morgan fingerprint density at radius 1 is 1.38 bits per heavy atom.